The highest BCUT2D eigenvalue weighted by Gasteiger charge is 2.12. The minimum atomic E-state index is 0.367. The van der Waals surface area contributed by atoms with E-state index < -0.39 is 0 Å². The molecule has 0 atom stereocenters. The summed E-state index contributed by atoms with van der Waals surface area (Å²) < 4.78 is 13.6. The first-order valence-electron chi connectivity index (χ1n) is 9.57. The Morgan fingerprint density at radius 3 is 2.62 bits per heavy atom. The molecule has 146 valence electrons. The summed E-state index contributed by atoms with van der Waals surface area (Å²) >= 11 is 0. The standard InChI is InChI=1S/C24H23N3O2/c1-3-7-20-14-25-27(16-20)15-19-10-12-22(13-11-19)28-17-23-18(2)29-24(26-23)21-8-5-4-6-9-21/h3-6,8-14,16H,1,7,15,17H2,2H3. The molecule has 0 spiro atoms. The lowest BCUT2D eigenvalue weighted by molar-refractivity contribution is 0.299. The van der Waals surface area contributed by atoms with Crippen molar-refractivity contribution in [3.63, 3.8) is 0 Å². The molecule has 0 N–H and O–H groups in total. The summed E-state index contributed by atoms with van der Waals surface area (Å²) in [6.07, 6.45) is 6.64. The predicted octanol–water partition coefficient (Wildman–Crippen LogP) is 5.20. The molecule has 0 radical (unpaired) electrons. The zero-order valence-electron chi connectivity index (χ0n) is 16.4. The Bertz CT molecular complexity index is 1080. The van der Waals surface area contributed by atoms with Gasteiger partial charge in [0.2, 0.25) is 5.89 Å². The summed E-state index contributed by atoms with van der Waals surface area (Å²) in [7, 11) is 0. The van der Waals surface area contributed by atoms with Crippen LogP contribution in [0.5, 0.6) is 5.75 Å². The van der Waals surface area contributed by atoms with Gasteiger partial charge in [0, 0.05) is 11.8 Å². The maximum Gasteiger partial charge on any atom is 0.226 e. The zero-order chi connectivity index (χ0) is 20.1. The molecule has 5 nitrogen and oxygen atoms in total. The predicted molar refractivity (Wildman–Crippen MR) is 113 cm³/mol. The van der Waals surface area contributed by atoms with Gasteiger partial charge in [-0.15, -0.1) is 6.58 Å². The summed E-state index contributed by atoms with van der Waals surface area (Å²) in [4.78, 5) is 4.58. The van der Waals surface area contributed by atoms with Crippen LogP contribution in [0.25, 0.3) is 11.5 Å². The minimum absolute atomic E-state index is 0.367. The fraction of sp³-hybridized carbons (Fsp3) is 0.167. The van der Waals surface area contributed by atoms with Crippen LogP contribution in [0.1, 0.15) is 22.6 Å². The molecule has 0 saturated heterocycles. The first-order valence-corrected chi connectivity index (χ1v) is 9.57. The normalized spacial score (nSPS) is 10.8. The van der Waals surface area contributed by atoms with Crippen molar-refractivity contribution < 1.29 is 9.15 Å². The maximum absolute atomic E-state index is 5.91. The van der Waals surface area contributed by atoms with Crippen molar-refractivity contribution in [3.05, 3.63) is 102 Å². The fourth-order valence-electron chi connectivity index (χ4n) is 3.06. The summed E-state index contributed by atoms with van der Waals surface area (Å²) in [5.74, 6) is 2.19. The molecule has 29 heavy (non-hydrogen) atoms. The number of oxazole rings is 1. The Balaban J connectivity index is 1.37. The highest BCUT2D eigenvalue weighted by atomic mass is 16.5. The molecule has 2 heterocycles. The molecule has 0 aliphatic heterocycles. The van der Waals surface area contributed by atoms with E-state index in [2.05, 4.69) is 28.8 Å². The van der Waals surface area contributed by atoms with Crippen molar-refractivity contribution in [3.8, 4) is 17.2 Å². The third-order valence-electron chi connectivity index (χ3n) is 4.62. The van der Waals surface area contributed by atoms with Gasteiger partial charge >= 0.3 is 0 Å². The summed E-state index contributed by atoms with van der Waals surface area (Å²) in [5.41, 5.74) is 4.09. The van der Waals surface area contributed by atoms with E-state index in [1.54, 1.807) is 0 Å². The van der Waals surface area contributed by atoms with Crippen LogP contribution >= 0.6 is 0 Å². The fourth-order valence-corrected chi connectivity index (χ4v) is 3.06. The first kappa shape index (κ1) is 18.7. The number of allylic oxidation sites excluding steroid dienone is 1. The smallest absolute Gasteiger partial charge is 0.226 e. The highest BCUT2D eigenvalue weighted by molar-refractivity contribution is 5.53. The zero-order valence-corrected chi connectivity index (χ0v) is 16.4. The highest BCUT2D eigenvalue weighted by Crippen LogP contribution is 2.23. The van der Waals surface area contributed by atoms with Gasteiger partial charge in [0.05, 0.1) is 12.7 Å². The van der Waals surface area contributed by atoms with Gasteiger partial charge in [0.1, 0.15) is 23.8 Å². The molecule has 0 saturated carbocycles. The van der Waals surface area contributed by atoms with Crippen LogP contribution in [-0.4, -0.2) is 14.8 Å². The van der Waals surface area contributed by atoms with Gasteiger partial charge < -0.3 is 9.15 Å². The molecule has 2 aromatic carbocycles. The van der Waals surface area contributed by atoms with Gasteiger partial charge in [-0.2, -0.15) is 5.10 Å². The Kier molecular flexibility index (Phi) is 5.56. The molecule has 0 bridgehead atoms. The number of hydrogen-bond acceptors (Lipinski definition) is 4. The van der Waals surface area contributed by atoms with E-state index in [1.165, 1.54) is 0 Å². The van der Waals surface area contributed by atoms with Crippen LogP contribution in [0.15, 0.2) is 84.1 Å². The first-order chi connectivity index (χ1) is 14.2. The van der Waals surface area contributed by atoms with Gasteiger partial charge in [0.25, 0.3) is 0 Å². The van der Waals surface area contributed by atoms with Crippen molar-refractivity contribution in [1.82, 2.24) is 14.8 Å². The third kappa shape index (κ3) is 4.63. The molecule has 5 heteroatoms. The van der Waals surface area contributed by atoms with Gasteiger partial charge in [-0.25, -0.2) is 4.98 Å². The van der Waals surface area contributed by atoms with Gasteiger partial charge in [-0.1, -0.05) is 36.4 Å². The van der Waals surface area contributed by atoms with Crippen LogP contribution < -0.4 is 4.74 Å². The second-order valence-electron chi connectivity index (χ2n) is 6.86. The summed E-state index contributed by atoms with van der Waals surface area (Å²) in [6, 6.07) is 17.9. The monoisotopic (exact) mass is 385 g/mol. The van der Waals surface area contributed by atoms with Crippen molar-refractivity contribution in [2.75, 3.05) is 0 Å². The van der Waals surface area contributed by atoms with Crippen LogP contribution in [0.2, 0.25) is 0 Å². The number of benzene rings is 2. The molecule has 0 aliphatic carbocycles. The number of aromatic nitrogens is 3. The van der Waals surface area contributed by atoms with Gasteiger partial charge in [-0.3, -0.25) is 4.68 Å². The molecule has 0 amide bonds. The molecule has 0 fully saturated rings. The van der Waals surface area contributed by atoms with Crippen molar-refractivity contribution in [2.45, 2.75) is 26.5 Å². The average molecular weight is 385 g/mol. The largest absolute Gasteiger partial charge is 0.487 e. The van der Waals surface area contributed by atoms with Crippen molar-refractivity contribution in [2.24, 2.45) is 0 Å². The van der Waals surface area contributed by atoms with Crippen LogP contribution in [-0.2, 0) is 19.6 Å². The Hall–Kier alpha value is -3.60. The van der Waals surface area contributed by atoms with E-state index >= 15 is 0 Å². The molecular formula is C24H23N3O2. The molecule has 2 aromatic heterocycles. The number of hydrogen-bond donors (Lipinski definition) is 0. The minimum Gasteiger partial charge on any atom is -0.487 e. The number of ether oxygens (including phenoxy) is 1. The van der Waals surface area contributed by atoms with E-state index in [0.29, 0.717) is 12.5 Å². The third-order valence-corrected chi connectivity index (χ3v) is 4.62. The van der Waals surface area contributed by atoms with Gasteiger partial charge in [0.15, 0.2) is 0 Å². The Morgan fingerprint density at radius 2 is 1.86 bits per heavy atom. The average Bonchev–Trinajstić information content (AvgIpc) is 3.35. The number of aryl methyl sites for hydroxylation is 1. The van der Waals surface area contributed by atoms with E-state index in [1.807, 2.05) is 72.5 Å². The lowest BCUT2D eigenvalue weighted by Gasteiger charge is -2.06. The quantitative estimate of drug-likeness (QED) is 0.391. The molecule has 0 aliphatic rings. The van der Waals surface area contributed by atoms with E-state index in [4.69, 9.17) is 9.15 Å². The van der Waals surface area contributed by atoms with Gasteiger partial charge in [-0.05, 0) is 48.7 Å². The lowest BCUT2D eigenvalue weighted by Crippen LogP contribution is -2.01. The van der Waals surface area contributed by atoms with Crippen molar-refractivity contribution >= 4 is 0 Å². The molecular weight excluding hydrogens is 362 g/mol. The topological polar surface area (TPSA) is 53.1 Å². The van der Waals surface area contributed by atoms with E-state index in [-0.39, 0.29) is 0 Å². The number of nitrogens with zero attached hydrogens (tertiary/aromatic N) is 3. The molecule has 0 unspecified atom stereocenters. The van der Waals surface area contributed by atoms with Crippen LogP contribution in [0, 0.1) is 6.92 Å². The van der Waals surface area contributed by atoms with Crippen LogP contribution in [0.4, 0.5) is 0 Å². The second-order valence-corrected chi connectivity index (χ2v) is 6.86. The Morgan fingerprint density at radius 1 is 1.07 bits per heavy atom. The van der Waals surface area contributed by atoms with Crippen LogP contribution in [0.3, 0.4) is 0 Å². The second kappa shape index (κ2) is 8.61. The summed E-state index contributed by atoms with van der Waals surface area (Å²) in [5, 5.41) is 4.38. The lowest BCUT2D eigenvalue weighted by atomic mass is 10.2. The van der Waals surface area contributed by atoms with E-state index in [9.17, 15) is 0 Å². The molecule has 4 aromatic rings. The van der Waals surface area contributed by atoms with E-state index in [0.717, 1.165) is 46.9 Å². The molecule has 4 rings (SSSR count). The SMILES string of the molecule is C=CCc1cnn(Cc2ccc(OCc3nc(-c4ccccc4)oc3C)cc2)c1. The maximum atomic E-state index is 5.91. The summed E-state index contributed by atoms with van der Waals surface area (Å²) in [6.45, 7) is 6.76. The Labute approximate surface area is 170 Å². The van der Waals surface area contributed by atoms with Crippen molar-refractivity contribution in [1.29, 1.82) is 0 Å². The number of rotatable bonds is 8.